The second-order valence-corrected chi connectivity index (χ2v) is 7.06. The molecule has 7 heteroatoms. The molecule has 2 rings (SSSR count). The summed E-state index contributed by atoms with van der Waals surface area (Å²) in [5, 5.41) is 14.2. The summed E-state index contributed by atoms with van der Waals surface area (Å²) in [4.78, 5) is 38.0. The summed E-state index contributed by atoms with van der Waals surface area (Å²) in [7, 11) is 0. The maximum Gasteiger partial charge on any atom is 0.273 e. The van der Waals surface area contributed by atoms with Gasteiger partial charge in [0.1, 0.15) is 6.04 Å². The Morgan fingerprint density at radius 1 is 1.07 bits per heavy atom. The minimum absolute atomic E-state index is 0.00571. The van der Waals surface area contributed by atoms with Crippen molar-refractivity contribution in [1.82, 2.24) is 10.2 Å². The fourth-order valence-electron chi connectivity index (χ4n) is 2.93. The Bertz CT molecular complexity index is 854. The number of nitrogens with zero attached hydrogens (tertiary/aromatic N) is 2. The molecule has 0 aliphatic heterocycles. The third-order valence-electron chi connectivity index (χ3n) is 4.89. The van der Waals surface area contributed by atoms with Crippen LogP contribution in [0.4, 0.5) is 5.69 Å². The van der Waals surface area contributed by atoms with E-state index in [2.05, 4.69) is 5.32 Å². The third kappa shape index (κ3) is 6.14. The van der Waals surface area contributed by atoms with Crippen LogP contribution in [0.25, 0.3) is 0 Å². The summed E-state index contributed by atoms with van der Waals surface area (Å²) in [6.45, 7) is 5.80. The quantitative estimate of drug-likeness (QED) is 0.518. The molecule has 0 aliphatic rings. The molecule has 29 heavy (non-hydrogen) atoms. The van der Waals surface area contributed by atoms with Crippen LogP contribution in [0.5, 0.6) is 0 Å². The predicted octanol–water partition coefficient (Wildman–Crippen LogP) is 3.47. The van der Waals surface area contributed by atoms with Crippen LogP contribution in [0.15, 0.2) is 54.6 Å². The summed E-state index contributed by atoms with van der Waals surface area (Å²) in [5.74, 6) is -0.582. The van der Waals surface area contributed by atoms with Crippen LogP contribution >= 0.6 is 0 Å². The van der Waals surface area contributed by atoms with Gasteiger partial charge in [-0.15, -0.1) is 0 Å². The number of nitrogens with one attached hydrogen (secondary N) is 1. The molecule has 2 amide bonds. The lowest BCUT2D eigenvalue weighted by molar-refractivity contribution is -0.385. The second kappa shape index (κ2) is 10.4. The third-order valence-corrected chi connectivity index (χ3v) is 4.89. The Morgan fingerprint density at radius 2 is 1.69 bits per heavy atom. The molecule has 0 saturated heterocycles. The van der Waals surface area contributed by atoms with E-state index in [0.717, 1.165) is 12.0 Å². The fourth-order valence-corrected chi connectivity index (χ4v) is 2.93. The molecular formula is C22H27N3O4. The highest BCUT2D eigenvalue weighted by molar-refractivity contribution is 5.88. The Labute approximate surface area is 170 Å². The maximum absolute atomic E-state index is 13.1. The minimum Gasteiger partial charge on any atom is -0.352 e. The van der Waals surface area contributed by atoms with Gasteiger partial charge in [-0.3, -0.25) is 19.7 Å². The number of nitro groups is 1. The lowest BCUT2D eigenvalue weighted by atomic mass is 10.1. The Hall–Kier alpha value is -3.22. The molecule has 2 aromatic rings. The molecule has 0 fully saturated rings. The SMILES string of the molecule is CC[C@@H](C)NC(=O)[C@@H](C)N(Cc1ccccc1)C(=O)Cc1ccccc1[N+](=O)[O-]. The minimum atomic E-state index is -0.709. The van der Waals surface area contributed by atoms with Crippen LogP contribution in [0.1, 0.15) is 38.3 Å². The number of benzene rings is 2. The van der Waals surface area contributed by atoms with Crippen LogP contribution in [0, 0.1) is 10.1 Å². The molecule has 0 aromatic heterocycles. The fraction of sp³-hybridized carbons (Fsp3) is 0.364. The van der Waals surface area contributed by atoms with E-state index in [1.54, 1.807) is 25.1 Å². The number of hydrogen-bond acceptors (Lipinski definition) is 4. The molecule has 0 bridgehead atoms. The average Bonchev–Trinajstić information content (AvgIpc) is 2.72. The van der Waals surface area contributed by atoms with E-state index in [-0.39, 0.29) is 36.5 Å². The van der Waals surface area contributed by atoms with Gasteiger partial charge >= 0.3 is 0 Å². The zero-order chi connectivity index (χ0) is 21.4. The highest BCUT2D eigenvalue weighted by Gasteiger charge is 2.28. The number of nitro benzene ring substituents is 1. The molecule has 0 radical (unpaired) electrons. The van der Waals surface area contributed by atoms with E-state index in [0.29, 0.717) is 5.56 Å². The maximum atomic E-state index is 13.1. The van der Waals surface area contributed by atoms with Gasteiger partial charge < -0.3 is 10.2 Å². The largest absolute Gasteiger partial charge is 0.352 e. The van der Waals surface area contributed by atoms with Gasteiger partial charge in [0.05, 0.1) is 11.3 Å². The van der Waals surface area contributed by atoms with Crippen LogP contribution in [-0.4, -0.2) is 33.7 Å². The molecule has 154 valence electrons. The van der Waals surface area contributed by atoms with Crippen LogP contribution < -0.4 is 5.32 Å². The molecule has 0 saturated carbocycles. The Kier molecular flexibility index (Phi) is 7.88. The molecule has 2 aromatic carbocycles. The second-order valence-electron chi connectivity index (χ2n) is 7.06. The Balaban J connectivity index is 2.27. The predicted molar refractivity (Wildman–Crippen MR) is 111 cm³/mol. The van der Waals surface area contributed by atoms with Crippen molar-refractivity contribution in [3.05, 3.63) is 75.8 Å². The summed E-state index contributed by atoms with van der Waals surface area (Å²) in [5.41, 5.74) is 1.11. The molecule has 0 heterocycles. The van der Waals surface area contributed by atoms with Gasteiger partial charge in [0, 0.05) is 24.2 Å². The first-order valence-corrected chi connectivity index (χ1v) is 9.69. The number of hydrogen-bond donors (Lipinski definition) is 1. The van der Waals surface area contributed by atoms with Gasteiger partial charge in [0.2, 0.25) is 11.8 Å². The van der Waals surface area contributed by atoms with E-state index >= 15 is 0 Å². The Morgan fingerprint density at radius 3 is 2.31 bits per heavy atom. The van der Waals surface area contributed by atoms with Crippen molar-refractivity contribution in [2.45, 2.75) is 52.2 Å². The molecule has 1 N–H and O–H groups in total. The lowest BCUT2D eigenvalue weighted by Gasteiger charge is -2.29. The summed E-state index contributed by atoms with van der Waals surface area (Å²) < 4.78 is 0. The average molecular weight is 397 g/mol. The molecule has 0 spiro atoms. The normalized spacial score (nSPS) is 12.7. The van der Waals surface area contributed by atoms with Crippen molar-refractivity contribution in [1.29, 1.82) is 0 Å². The summed E-state index contributed by atoms with van der Waals surface area (Å²) in [6, 6.07) is 14.8. The van der Waals surface area contributed by atoms with E-state index in [9.17, 15) is 19.7 Å². The first-order chi connectivity index (χ1) is 13.8. The smallest absolute Gasteiger partial charge is 0.273 e. The first-order valence-electron chi connectivity index (χ1n) is 9.69. The van der Waals surface area contributed by atoms with Crippen LogP contribution in [0.2, 0.25) is 0 Å². The van der Waals surface area contributed by atoms with E-state index in [1.165, 1.54) is 11.0 Å². The topological polar surface area (TPSA) is 92.6 Å². The molecule has 2 atom stereocenters. The number of amides is 2. The first kappa shape index (κ1) is 22.1. The van der Waals surface area contributed by atoms with Gasteiger partial charge in [0.15, 0.2) is 0 Å². The standard InChI is InChI=1S/C22H27N3O4/c1-4-16(2)23-22(27)17(3)24(15-18-10-6-5-7-11-18)21(26)14-19-12-8-9-13-20(19)25(28)29/h5-13,16-17H,4,14-15H2,1-3H3,(H,23,27)/t16-,17-/m1/s1. The van der Waals surface area contributed by atoms with Crippen molar-refractivity contribution >= 4 is 17.5 Å². The number of para-hydroxylation sites is 1. The monoisotopic (exact) mass is 397 g/mol. The number of rotatable bonds is 9. The van der Waals surface area contributed by atoms with Gasteiger partial charge in [0.25, 0.3) is 5.69 Å². The number of carbonyl (C=O) groups excluding carboxylic acids is 2. The van der Waals surface area contributed by atoms with Crippen molar-refractivity contribution in [3.8, 4) is 0 Å². The van der Waals surface area contributed by atoms with Gasteiger partial charge in [-0.1, -0.05) is 55.5 Å². The van der Waals surface area contributed by atoms with Crippen molar-refractivity contribution in [2.24, 2.45) is 0 Å². The van der Waals surface area contributed by atoms with E-state index < -0.39 is 11.0 Å². The van der Waals surface area contributed by atoms with E-state index in [4.69, 9.17) is 0 Å². The van der Waals surface area contributed by atoms with Crippen molar-refractivity contribution in [3.63, 3.8) is 0 Å². The van der Waals surface area contributed by atoms with Crippen molar-refractivity contribution < 1.29 is 14.5 Å². The van der Waals surface area contributed by atoms with Crippen molar-refractivity contribution in [2.75, 3.05) is 0 Å². The zero-order valence-corrected chi connectivity index (χ0v) is 17.0. The molecular weight excluding hydrogens is 370 g/mol. The van der Waals surface area contributed by atoms with Gasteiger partial charge in [-0.2, -0.15) is 0 Å². The highest BCUT2D eigenvalue weighted by Crippen LogP contribution is 2.20. The van der Waals surface area contributed by atoms with E-state index in [1.807, 2.05) is 44.2 Å². The van der Waals surface area contributed by atoms with Gasteiger partial charge in [-0.05, 0) is 25.8 Å². The number of carbonyl (C=O) groups is 2. The summed E-state index contributed by atoms with van der Waals surface area (Å²) in [6.07, 6.45) is 0.631. The summed E-state index contributed by atoms with van der Waals surface area (Å²) >= 11 is 0. The highest BCUT2D eigenvalue weighted by atomic mass is 16.6. The van der Waals surface area contributed by atoms with Gasteiger partial charge in [-0.25, -0.2) is 0 Å². The lowest BCUT2D eigenvalue weighted by Crippen LogP contribution is -2.49. The van der Waals surface area contributed by atoms with Crippen LogP contribution in [0.3, 0.4) is 0 Å². The van der Waals surface area contributed by atoms with Crippen LogP contribution in [-0.2, 0) is 22.6 Å². The molecule has 7 nitrogen and oxygen atoms in total. The molecule has 0 aliphatic carbocycles. The molecule has 0 unspecified atom stereocenters. The zero-order valence-electron chi connectivity index (χ0n) is 17.0.